The number of carbonyl (C=O) groups is 2. The summed E-state index contributed by atoms with van der Waals surface area (Å²) in [7, 11) is 0. The molecule has 0 aliphatic carbocycles. The van der Waals surface area contributed by atoms with E-state index in [0.717, 1.165) is 6.42 Å². The van der Waals surface area contributed by atoms with Crippen LogP contribution in [0.25, 0.3) is 0 Å². The molecule has 1 aliphatic rings. The van der Waals surface area contributed by atoms with E-state index >= 15 is 0 Å². The van der Waals surface area contributed by atoms with Crippen molar-refractivity contribution in [2.24, 2.45) is 5.92 Å². The van der Waals surface area contributed by atoms with Crippen LogP contribution in [0.15, 0.2) is 0 Å². The summed E-state index contributed by atoms with van der Waals surface area (Å²) in [6, 6.07) is 0. The van der Waals surface area contributed by atoms with E-state index in [1.54, 1.807) is 0 Å². The van der Waals surface area contributed by atoms with Gasteiger partial charge in [0.25, 0.3) is 0 Å². The Hall–Kier alpha value is -1.14. The first-order valence-electron chi connectivity index (χ1n) is 7.44. The van der Waals surface area contributed by atoms with E-state index in [4.69, 9.17) is 9.47 Å². The van der Waals surface area contributed by atoms with Gasteiger partial charge in [0.2, 0.25) is 0 Å². The van der Waals surface area contributed by atoms with Gasteiger partial charge in [-0.1, -0.05) is 6.92 Å². The SMILES string of the molecule is CCCC(=O)OCCOC(=O)C1CC(C)(C)N(O)C1(C)C. The average molecular weight is 301 g/mol. The molecule has 1 aliphatic heterocycles. The summed E-state index contributed by atoms with van der Waals surface area (Å²) in [5.41, 5.74) is -1.15. The van der Waals surface area contributed by atoms with Crippen LogP contribution in [-0.2, 0) is 19.1 Å². The zero-order valence-corrected chi connectivity index (χ0v) is 13.6. The first kappa shape index (κ1) is 17.9. The number of hydrogen-bond acceptors (Lipinski definition) is 6. The molecule has 1 heterocycles. The van der Waals surface area contributed by atoms with Gasteiger partial charge in [0.05, 0.1) is 11.5 Å². The number of nitrogens with zero attached hydrogens (tertiary/aromatic N) is 1. The molecule has 0 aromatic carbocycles. The fourth-order valence-corrected chi connectivity index (χ4v) is 2.81. The lowest BCUT2D eigenvalue weighted by Crippen LogP contribution is -2.48. The molecule has 6 heteroatoms. The monoisotopic (exact) mass is 301 g/mol. The minimum absolute atomic E-state index is 0.0483. The van der Waals surface area contributed by atoms with Crippen LogP contribution >= 0.6 is 0 Å². The van der Waals surface area contributed by atoms with Gasteiger partial charge in [-0.3, -0.25) is 9.59 Å². The summed E-state index contributed by atoms with van der Waals surface area (Å²) in [5, 5.41) is 11.4. The zero-order chi connectivity index (χ0) is 16.3. The standard InChI is InChI=1S/C15H27NO5/c1-6-7-12(17)20-8-9-21-13(18)11-10-14(2,3)16(19)15(11,4)5/h11,19H,6-10H2,1-5H3. The highest BCUT2D eigenvalue weighted by atomic mass is 16.6. The molecule has 0 saturated carbocycles. The molecule has 0 aromatic heterocycles. The van der Waals surface area contributed by atoms with E-state index in [-0.39, 0.29) is 25.2 Å². The minimum Gasteiger partial charge on any atom is -0.462 e. The van der Waals surface area contributed by atoms with Crippen molar-refractivity contribution in [1.82, 2.24) is 5.06 Å². The van der Waals surface area contributed by atoms with Crippen molar-refractivity contribution < 1.29 is 24.3 Å². The zero-order valence-electron chi connectivity index (χ0n) is 13.6. The predicted molar refractivity (Wildman–Crippen MR) is 76.7 cm³/mol. The molecular formula is C15H27NO5. The van der Waals surface area contributed by atoms with Crippen molar-refractivity contribution >= 4 is 11.9 Å². The Morgan fingerprint density at radius 2 is 1.76 bits per heavy atom. The van der Waals surface area contributed by atoms with Crippen LogP contribution in [-0.4, -0.2) is 46.5 Å². The predicted octanol–water partition coefficient (Wildman–Crippen LogP) is 2.14. The smallest absolute Gasteiger partial charge is 0.311 e. The molecule has 1 saturated heterocycles. The lowest BCUT2D eigenvalue weighted by molar-refractivity contribution is -0.200. The molecular weight excluding hydrogens is 274 g/mol. The fraction of sp³-hybridized carbons (Fsp3) is 0.867. The summed E-state index contributed by atoms with van der Waals surface area (Å²) < 4.78 is 10.1. The molecule has 1 fully saturated rings. The number of esters is 2. The van der Waals surface area contributed by atoms with Crippen LogP contribution in [0.2, 0.25) is 0 Å². The summed E-state index contributed by atoms with van der Waals surface area (Å²) >= 11 is 0. The Morgan fingerprint density at radius 3 is 2.24 bits per heavy atom. The number of hydroxylamine groups is 2. The molecule has 0 radical (unpaired) electrons. The minimum atomic E-state index is -0.681. The number of carbonyl (C=O) groups excluding carboxylic acids is 2. The van der Waals surface area contributed by atoms with E-state index in [1.165, 1.54) is 5.06 Å². The van der Waals surface area contributed by atoms with Crippen LogP contribution in [0.4, 0.5) is 0 Å². The van der Waals surface area contributed by atoms with Crippen molar-refractivity contribution in [3.8, 4) is 0 Å². The van der Waals surface area contributed by atoms with Crippen LogP contribution in [0.1, 0.15) is 53.9 Å². The van der Waals surface area contributed by atoms with Crippen LogP contribution in [0, 0.1) is 5.92 Å². The van der Waals surface area contributed by atoms with Crippen LogP contribution in [0.5, 0.6) is 0 Å². The maximum Gasteiger partial charge on any atom is 0.311 e. The number of ether oxygens (including phenoxy) is 2. The van der Waals surface area contributed by atoms with Crippen molar-refractivity contribution in [1.29, 1.82) is 0 Å². The van der Waals surface area contributed by atoms with E-state index in [1.807, 2.05) is 34.6 Å². The summed E-state index contributed by atoms with van der Waals surface area (Å²) in [5.74, 6) is -1.06. The summed E-state index contributed by atoms with van der Waals surface area (Å²) in [6.45, 7) is 9.41. The maximum atomic E-state index is 12.2. The number of hydrogen-bond donors (Lipinski definition) is 1. The second kappa shape index (κ2) is 6.75. The van der Waals surface area contributed by atoms with E-state index in [9.17, 15) is 14.8 Å². The first-order valence-corrected chi connectivity index (χ1v) is 7.44. The molecule has 1 unspecified atom stereocenters. The highest BCUT2D eigenvalue weighted by molar-refractivity contribution is 5.75. The molecule has 0 amide bonds. The second-order valence-electron chi connectivity index (χ2n) is 6.67. The highest BCUT2D eigenvalue weighted by Gasteiger charge is 2.54. The highest BCUT2D eigenvalue weighted by Crippen LogP contribution is 2.43. The largest absolute Gasteiger partial charge is 0.462 e. The molecule has 1 rings (SSSR count). The summed E-state index contributed by atoms with van der Waals surface area (Å²) in [4.78, 5) is 23.3. The lowest BCUT2D eigenvalue weighted by Gasteiger charge is -2.35. The van der Waals surface area contributed by atoms with E-state index in [0.29, 0.717) is 12.8 Å². The Labute approximate surface area is 126 Å². The quantitative estimate of drug-likeness (QED) is 0.598. The van der Waals surface area contributed by atoms with Gasteiger partial charge in [0, 0.05) is 12.0 Å². The van der Waals surface area contributed by atoms with Gasteiger partial charge in [-0.15, -0.1) is 0 Å². The molecule has 0 aromatic rings. The third kappa shape index (κ3) is 4.17. The average Bonchev–Trinajstić information content (AvgIpc) is 2.55. The molecule has 21 heavy (non-hydrogen) atoms. The Kier molecular flexibility index (Phi) is 5.75. The van der Waals surface area contributed by atoms with Gasteiger partial charge in [0.1, 0.15) is 13.2 Å². The topological polar surface area (TPSA) is 76.1 Å². The van der Waals surface area contributed by atoms with E-state index in [2.05, 4.69) is 0 Å². The molecule has 0 spiro atoms. The van der Waals surface area contributed by atoms with Crippen LogP contribution < -0.4 is 0 Å². The van der Waals surface area contributed by atoms with Crippen molar-refractivity contribution in [3.05, 3.63) is 0 Å². The molecule has 1 N–H and O–H groups in total. The summed E-state index contributed by atoms with van der Waals surface area (Å²) in [6.07, 6.45) is 1.62. The molecule has 0 bridgehead atoms. The van der Waals surface area contributed by atoms with Crippen molar-refractivity contribution in [3.63, 3.8) is 0 Å². The normalized spacial score (nSPS) is 23.8. The van der Waals surface area contributed by atoms with Crippen LogP contribution in [0.3, 0.4) is 0 Å². The Bertz CT molecular complexity index is 392. The van der Waals surface area contributed by atoms with Gasteiger partial charge in [-0.2, -0.15) is 5.06 Å². The van der Waals surface area contributed by atoms with Gasteiger partial charge < -0.3 is 14.7 Å². The van der Waals surface area contributed by atoms with Crippen molar-refractivity contribution in [2.45, 2.75) is 65.0 Å². The van der Waals surface area contributed by atoms with Gasteiger partial charge >= 0.3 is 11.9 Å². The fourth-order valence-electron chi connectivity index (χ4n) is 2.81. The Morgan fingerprint density at radius 1 is 1.19 bits per heavy atom. The first-order chi connectivity index (χ1) is 9.63. The third-order valence-corrected chi connectivity index (χ3v) is 4.01. The number of rotatable bonds is 6. The molecule has 122 valence electrons. The lowest BCUT2D eigenvalue weighted by atomic mass is 9.87. The molecule has 1 atom stereocenters. The van der Waals surface area contributed by atoms with Crippen molar-refractivity contribution in [2.75, 3.05) is 13.2 Å². The van der Waals surface area contributed by atoms with Gasteiger partial charge in [-0.05, 0) is 40.5 Å². The molecule has 6 nitrogen and oxygen atoms in total. The van der Waals surface area contributed by atoms with Gasteiger partial charge in [0.15, 0.2) is 0 Å². The van der Waals surface area contributed by atoms with E-state index < -0.39 is 17.0 Å². The third-order valence-electron chi connectivity index (χ3n) is 4.01. The Balaban J connectivity index is 2.44. The van der Waals surface area contributed by atoms with Gasteiger partial charge in [-0.25, -0.2) is 0 Å². The maximum absolute atomic E-state index is 12.2. The second-order valence-corrected chi connectivity index (χ2v) is 6.67.